The molecule has 0 spiro atoms. The summed E-state index contributed by atoms with van der Waals surface area (Å²) in [6.45, 7) is 0.910. The Morgan fingerprint density at radius 1 is 1.18 bits per heavy atom. The molecule has 28 heavy (non-hydrogen) atoms. The smallest absolute Gasteiger partial charge is 0.322 e. The predicted molar refractivity (Wildman–Crippen MR) is 104 cm³/mol. The Bertz CT molecular complexity index is 986. The second-order valence-corrected chi connectivity index (χ2v) is 10.0. The van der Waals surface area contributed by atoms with Gasteiger partial charge in [-0.3, -0.25) is 4.79 Å². The molecule has 7 nitrogen and oxygen atoms in total. The van der Waals surface area contributed by atoms with E-state index in [0.29, 0.717) is 38.8 Å². The van der Waals surface area contributed by atoms with Crippen LogP contribution in [0.5, 0.6) is 0 Å². The lowest BCUT2D eigenvalue weighted by molar-refractivity contribution is -0.142. The summed E-state index contributed by atoms with van der Waals surface area (Å²) < 4.78 is 47.3. The number of aromatic nitrogens is 1. The summed E-state index contributed by atoms with van der Waals surface area (Å²) in [7, 11) is -3.80. The molecule has 10 heteroatoms. The molecule has 1 N–H and O–H groups in total. The van der Waals surface area contributed by atoms with Crippen LogP contribution in [0.1, 0.15) is 43.7 Å². The lowest BCUT2D eigenvalue weighted by atomic mass is 9.92. The van der Waals surface area contributed by atoms with Gasteiger partial charge in [-0.1, -0.05) is 0 Å². The van der Waals surface area contributed by atoms with E-state index in [9.17, 15) is 22.7 Å². The van der Waals surface area contributed by atoms with Crippen molar-refractivity contribution < 1.29 is 22.7 Å². The number of carbonyl (C=O) groups is 1. The maximum atomic E-state index is 13.4. The summed E-state index contributed by atoms with van der Waals surface area (Å²) in [5.74, 6) is -1.26. The molecule has 2 aliphatic rings. The normalized spacial score (nSPS) is 23.2. The van der Waals surface area contributed by atoms with Gasteiger partial charge in [0, 0.05) is 30.9 Å². The average Bonchev–Trinajstić information content (AvgIpc) is 3.11. The zero-order valence-electron chi connectivity index (χ0n) is 15.3. The van der Waals surface area contributed by atoms with Crippen LogP contribution in [-0.4, -0.2) is 58.2 Å². The first-order valence-electron chi connectivity index (χ1n) is 9.42. The molecule has 2 saturated heterocycles. The van der Waals surface area contributed by atoms with Crippen LogP contribution >= 0.6 is 11.5 Å². The molecule has 0 unspecified atom stereocenters. The molecule has 4 rings (SSSR count). The summed E-state index contributed by atoms with van der Waals surface area (Å²) in [5, 5.41) is 10.3. The summed E-state index contributed by atoms with van der Waals surface area (Å²) in [6.07, 6.45) is 2.98. The van der Waals surface area contributed by atoms with Crippen molar-refractivity contribution in [3.05, 3.63) is 29.7 Å². The fourth-order valence-corrected chi connectivity index (χ4v) is 6.89. The Kier molecular flexibility index (Phi) is 5.38. The van der Waals surface area contributed by atoms with Crippen LogP contribution in [0.15, 0.2) is 18.2 Å². The van der Waals surface area contributed by atoms with Gasteiger partial charge in [-0.05, 0) is 61.8 Å². The number of carboxylic acid groups (broad SMARTS) is 1. The van der Waals surface area contributed by atoms with Gasteiger partial charge < -0.3 is 5.11 Å². The number of hydrogen-bond acceptors (Lipinski definition) is 5. The van der Waals surface area contributed by atoms with Crippen molar-refractivity contribution in [1.29, 1.82) is 0 Å². The quantitative estimate of drug-likeness (QED) is 0.810. The highest BCUT2D eigenvalue weighted by atomic mass is 32.2. The lowest BCUT2D eigenvalue weighted by Crippen LogP contribution is -2.54. The number of carboxylic acids is 1. The van der Waals surface area contributed by atoms with Gasteiger partial charge in [0.1, 0.15) is 11.9 Å². The molecule has 0 amide bonds. The van der Waals surface area contributed by atoms with E-state index in [4.69, 9.17) is 0 Å². The number of aliphatic carboxylic acids is 1. The maximum Gasteiger partial charge on any atom is 0.322 e. The van der Waals surface area contributed by atoms with Crippen LogP contribution in [0.3, 0.4) is 0 Å². The van der Waals surface area contributed by atoms with Gasteiger partial charge in [0.2, 0.25) is 0 Å². The summed E-state index contributed by atoms with van der Waals surface area (Å²) in [6, 6.07) is 3.65. The van der Waals surface area contributed by atoms with E-state index < -0.39 is 22.2 Å². The van der Waals surface area contributed by atoms with Crippen molar-refractivity contribution in [2.24, 2.45) is 0 Å². The van der Waals surface area contributed by atoms with Crippen LogP contribution in [0, 0.1) is 5.82 Å². The van der Waals surface area contributed by atoms with E-state index in [1.54, 1.807) is 6.07 Å². The fraction of sp³-hybridized carbons (Fsp3) is 0.556. The first-order valence-corrected chi connectivity index (χ1v) is 11.6. The highest BCUT2D eigenvalue weighted by molar-refractivity contribution is 7.86. The number of rotatable bonds is 4. The Hall–Kier alpha value is -1.62. The van der Waals surface area contributed by atoms with E-state index >= 15 is 0 Å². The number of fused-ring (bicyclic) bond motifs is 1. The topological polar surface area (TPSA) is 90.8 Å². The second kappa shape index (κ2) is 7.66. The molecular formula is C18H22FN3O4S2. The molecule has 3 heterocycles. The number of piperidine rings is 2. The minimum atomic E-state index is -3.80. The molecule has 2 fully saturated rings. The van der Waals surface area contributed by atoms with Gasteiger partial charge in [0.15, 0.2) is 0 Å². The molecule has 0 aliphatic carbocycles. The third-order valence-electron chi connectivity index (χ3n) is 5.66. The molecule has 0 saturated carbocycles. The average molecular weight is 428 g/mol. The predicted octanol–water partition coefficient (Wildman–Crippen LogP) is 2.80. The molecular weight excluding hydrogens is 405 g/mol. The minimum absolute atomic E-state index is 0.113. The van der Waals surface area contributed by atoms with Crippen molar-refractivity contribution in [3.63, 3.8) is 0 Å². The van der Waals surface area contributed by atoms with E-state index in [1.807, 2.05) is 0 Å². The first-order chi connectivity index (χ1) is 13.4. The molecule has 0 bridgehead atoms. The van der Waals surface area contributed by atoms with Gasteiger partial charge in [-0.15, -0.1) is 0 Å². The summed E-state index contributed by atoms with van der Waals surface area (Å²) >= 11 is 1.26. The largest absolute Gasteiger partial charge is 0.480 e. The van der Waals surface area contributed by atoms with Crippen molar-refractivity contribution in [2.75, 3.05) is 19.6 Å². The molecule has 1 aromatic heterocycles. The van der Waals surface area contributed by atoms with Gasteiger partial charge in [-0.25, -0.2) is 4.39 Å². The molecule has 2 aromatic rings. The monoisotopic (exact) mass is 427 g/mol. The highest BCUT2D eigenvalue weighted by Gasteiger charge is 2.41. The first kappa shape index (κ1) is 19.7. The van der Waals surface area contributed by atoms with E-state index in [0.717, 1.165) is 26.5 Å². The lowest BCUT2D eigenvalue weighted by Gasteiger charge is -2.38. The molecule has 1 aromatic carbocycles. The number of hydrogen-bond donors (Lipinski definition) is 1. The van der Waals surface area contributed by atoms with E-state index in [-0.39, 0.29) is 18.3 Å². The zero-order chi connectivity index (χ0) is 19.9. The van der Waals surface area contributed by atoms with Gasteiger partial charge in [0.25, 0.3) is 10.2 Å². The zero-order valence-corrected chi connectivity index (χ0v) is 16.9. The van der Waals surface area contributed by atoms with E-state index in [2.05, 4.69) is 4.37 Å². The van der Waals surface area contributed by atoms with Crippen molar-refractivity contribution >= 4 is 37.8 Å². The van der Waals surface area contributed by atoms with Crippen molar-refractivity contribution in [2.45, 2.75) is 44.1 Å². The molecule has 0 radical (unpaired) electrons. The van der Waals surface area contributed by atoms with E-state index in [1.165, 1.54) is 28.0 Å². The third-order valence-corrected chi connectivity index (χ3v) is 8.53. The van der Waals surface area contributed by atoms with Gasteiger partial charge in [0.05, 0.1) is 10.4 Å². The molecule has 1 atom stereocenters. The Labute approximate surface area is 167 Å². The molecule has 2 aliphatic heterocycles. The third kappa shape index (κ3) is 3.54. The fourth-order valence-electron chi connectivity index (χ4n) is 4.16. The van der Waals surface area contributed by atoms with Crippen molar-refractivity contribution in [3.8, 4) is 0 Å². The SMILES string of the molecule is O=C(O)[C@H]1CCCCN1S(=O)(=O)N1CCC(c2nsc3cc(F)ccc23)CC1. The summed E-state index contributed by atoms with van der Waals surface area (Å²) in [5.41, 5.74) is 0.901. The second-order valence-electron chi connectivity index (χ2n) is 7.35. The van der Waals surface area contributed by atoms with Crippen LogP contribution in [0.4, 0.5) is 4.39 Å². The highest BCUT2D eigenvalue weighted by Crippen LogP contribution is 2.36. The van der Waals surface area contributed by atoms with Crippen molar-refractivity contribution in [1.82, 2.24) is 13.0 Å². The van der Waals surface area contributed by atoms with Crippen LogP contribution in [-0.2, 0) is 15.0 Å². The van der Waals surface area contributed by atoms with Gasteiger partial charge in [-0.2, -0.15) is 21.4 Å². The van der Waals surface area contributed by atoms with Crippen LogP contribution in [0.25, 0.3) is 10.1 Å². The van der Waals surface area contributed by atoms with Crippen LogP contribution < -0.4 is 0 Å². The van der Waals surface area contributed by atoms with Crippen LogP contribution in [0.2, 0.25) is 0 Å². The Morgan fingerprint density at radius 3 is 2.64 bits per heavy atom. The standard InChI is InChI=1S/C18H22FN3O4S2/c19-13-4-5-14-16(11-13)27-20-17(14)12-6-9-21(10-7-12)28(25,26)22-8-2-1-3-15(22)18(23)24/h4-5,11-12,15H,1-3,6-10H2,(H,23,24)/t15-/m1/s1. The summed E-state index contributed by atoms with van der Waals surface area (Å²) in [4.78, 5) is 11.5. The minimum Gasteiger partial charge on any atom is -0.480 e. The number of benzene rings is 1. The molecule has 152 valence electrons. The van der Waals surface area contributed by atoms with Gasteiger partial charge >= 0.3 is 5.97 Å². The Morgan fingerprint density at radius 2 is 1.93 bits per heavy atom. The maximum absolute atomic E-state index is 13.4. The number of halogens is 1. The Balaban J connectivity index is 1.49. The number of nitrogens with zero attached hydrogens (tertiary/aromatic N) is 3.